The highest BCUT2D eigenvalue weighted by atomic mass is 16.6. The maximum atomic E-state index is 13.0. The summed E-state index contributed by atoms with van der Waals surface area (Å²) in [6.07, 6.45) is 3.02. The van der Waals surface area contributed by atoms with E-state index in [0.29, 0.717) is 19.1 Å². The summed E-state index contributed by atoms with van der Waals surface area (Å²) in [4.78, 5) is 28.0. The van der Waals surface area contributed by atoms with E-state index in [4.69, 9.17) is 0 Å². The molecule has 0 bridgehead atoms. The van der Waals surface area contributed by atoms with Crippen molar-refractivity contribution in [2.24, 2.45) is 0 Å². The predicted molar refractivity (Wildman–Crippen MR) is 103 cm³/mol. The van der Waals surface area contributed by atoms with Crippen molar-refractivity contribution in [3.05, 3.63) is 75.3 Å². The quantitative estimate of drug-likeness (QED) is 0.619. The molecule has 4 rings (SSSR count). The zero-order chi connectivity index (χ0) is 18.8. The Morgan fingerprint density at radius 1 is 1.04 bits per heavy atom. The van der Waals surface area contributed by atoms with Gasteiger partial charge in [-0.05, 0) is 36.5 Å². The van der Waals surface area contributed by atoms with Crippen molar-refractivity contribution in [1.29, 1.82) is 0 Å². The molecule has 1 atom stereocenters. The highest BCUT2D eigenvalue weighted by molar-refractivity contribution is 5.98. The van der Waals surface area contributed by atoms with Crippen LogP contribution < -0.4 is 0 Å². The van der Waals surface area contributed by atoms with Gasteiger partial charge in [0.25, 0.3) is 11.6 Å². The summed E-state index contributed by atoms with van der Waals surface area (Å²) in [5, 5.41) is 11.3. The molecule has 0 unspecified atom stereocenters. The summed E-state index contributed by atoms with van der Waals surface area (Å²) in [6, 6.07) is 15.1. The highest BCUT2D eigenvalue weighted by Crippen LogP contribution is 2.26. The molecular formula is C21H23N3O3. The standard InChI is InChI=1S/C21H23N3O3/c25-21(19-9-3-4-10-20(19)24(26)27)23-12-5-8-18(15-23)22-13-11-16-6-1-2-7-17(16)14-22/h1-4,6-7,9-10,18H,5,8,11-15H2/t18-/m0/s1. The van der Waals surface area contributed by atoms with Crippen LogP contribution in [0, 0.1) is 10.1 Å². The summed E-state index contributed by atoms with van der Waals surface area (Å²) >= 11 is 0. The Hall–Kier alpha value is -2.73. The van der Waals surface area contributed by atoms with Gasteiger partial charge in [-0.3, -0.25) is 19.8 Å². The Kier molecular flexibility index (Phi) is 4.90. The molecule has 1 fully saturated rings. The van der Waals surface area contributed by atoms with Crippen molar-refractivity contribution in [2.45, 2.75) is 31.8 Å². The van der Waals surface area contributed by atoms with Crippen LogP contribution in [0.1, 0.15) is 34.3 Å². The van der Waals surface area contributed by atoms with Crippen molar-refractivity contribution in [3.8, 4) is 0 Å². The van der Waals surface area contributed by atoms with E-state index < -0.39 is 4.92 Å². The molecule has 2 heterocycles. The first kappa shape index (κ1) is 17.7. The minimum Gasteiger partial charge on any atom is -0.337 e. The van der Waals surface area contributed by atoms with Crippen molar-refractivity contribution >= 4 is 11.6 Å². The molecule has 2 aliphatic heterocycles. The Labute approximate surface area is 158 Å². The fraction of sp³-hybridized carbons (Fsp3) is 0.381. The average Bonchev–Trinajstić information content (AvgIpc) is 2.73. The van der Waals surface area contributed by atoms with Gasteiger partial charge in [0.15, 0.2) is 0 Å². The van der Waals surface area contributed by atoms with E-state index >= 15 is 0 Å². The Morgan fingerprint density at radius 3 is 2.59 bits per heavy atom. The first-order valence-electron chi connectivity index (χ1n) is 9.47. The molecule has 27 heavy (non-hydrogen) atoms. The van der Waals surface area contributed by atoms with Gasteiger partial charge in [0.1, 0.15) is 5.56 Å². The predicted octanol–water partition coefficient (Wildman–Crippen LogP) is 3.26. The van der Waals surface area contributed by atoms with Gasteiger partial charge in [-0.15, -0.1) is 0 Å². The number of nitro benzene ring substituents is 1. The van der Waals surface area contributed by atoms with Gasteiger partial charge < -0.3 is 4.90 Å². The molecule has 0 aromatic heterocycles. The lowest BCUT2D eigenvalue weighted by molar-refractivity contribution is -0.385. The Morgan fingerprint density at radius 2 is 1.78 bits per heavy atom. The van der Waals surface area contributed by atoms with Crippen LogP contribution in [0.3, 0.4) is 0 Å². The van der Waals surface area contributed by atoms with E-state index in [1.807, 2.05) is 0 Å². The molecule has 6 heteroatoms. The number of likely N-dealkylation sites (tertiary alicyclic amines) is 1. The molecule has 1 amide bonds. The molecular weight excluding hydrogens is 342 g/mol. The number of rotatable bonds is 3. The van der Waals surface area contributed by atoms with Crippen LogP contribution >= 0.6 is 0 Å². The van der Waals surface area contributed by atoms with E-state index in [-0.39, 0.29) is 17.2 Å². The van der Waals surface area contributed by atoms with Crippen molar-refractivity contribution < 1.29 is 9.72 Å². The SMILES string of the molecule is O=C(c1ccccc1[N+](=O)[O-])N1CCC[C@H](N2CCc3ccccc3C2)C1. The van der Waals surface area contributed by atoms with Crippen LogP contribution in [-0.2, 0) is 13.0 Å². The van der Waals surface area contributed by atoms with Gasteiger partial charge in [-0.25, -0.2) is 0 Å². The van der Waals surface area contributed by atoms with E-state index in [0.717, 1.165) is 32.4 Å². The number of hydrogen-bond acceptors (Lipinski definition) is 4. The summed E-state index contributed by atoms with van der Waals surface area (Å²) in [7, 11) is 0. The van der Waals surface area contributed by atoms with Crippen LogP contribution in [0.4, 0.5) is 5.69 Å². The number of carbonyl (C=O) groups is 1. The fourth-order valence-corrected chi connectivity index (χ4v) is 4.25. The molecule has 0 N–H and O–H groups in total. The lowest BCUT2D eigenvalue weighted by Gasteiger charge is -2.41. The number of benzene rings is 2. The third kappa shape index (κ3) is 3.57. The second-order valence-corrected chi connectivity index (χ2v) is 7.31. The van der Waals surface area contributed by atoms with Crippen molar-refractivity contribution in [2.75, 3.05) is 19.6 Å². The second kappa shape index (κ2) is 7.48. The second-order valence-electron chi connectivity index (χ2n) is 7.31. The van der Waals surface area contributed by atoms with Crippen LogP contribution in [0.2, 0.25) is 0 Å². The van der Waals surface area contributed by atoms with Gasteiger partial charge in [-0.1, -0.05) is 36.4 Å². The zero-order valence-corrected chi connectivity index (χ0v) is 15.2. The number of nitro groups is 1. The molecule has 2 aromatic rings. The molecule has 2 aliphatic rings. The van der Waals surface area contributed by atoms with Gasteiger partial charge in [-0.2, -0.15) is 0 Å². The number of amides is 1. The highest BCUT2D eigenvalue weighted by Gasteiger charge is 2.32. The molecule has 1 saturated heterocycles. The lowest BCUT2D eigenvalue weighted by Crippen LogP contribution is -2.51. The van der Waals surface area contributed by atoms with E-state index in [9.17, 15) is 14.9 Å². The summed E-state index contributed by atoms with van der Waals surface area (Å²) < 4.78 is 0. The topological polar surface area (TPSA) is 66.7 Å². The average molecular weight is 365 g/mol. The molecule has 0 spiro atoms. The fourth-order valence-electron chi connectivity index (χ4n) is 4.25. The number of para-hydroxylation sites is 1. The van der Waals surface area contributed by atoms with Gasteiger partial charge in [0.05, 0.1) is 4.92 Å². The number of piperidine rings is 1. The third-order valence-electron chi connectivity index (χ3n) is 5.69. The number of fused-ring (bicyclic) bond motifs is 1. The first-order chi connectivity index (χ1) is 13.1. The van der Waals surface area contributed by atoms with E-state index in [1.165, 1.54) is 17.2 Å². The van der Waals surface area contributed by atoms with Gasteiger partial charge >= 0.3 is 0 Å². The van der Waals surface area contributed by atoms with Gasteiger partial charge in [0.2, 0.25) is 0 Å². The normalized spacial score (nSPS) is 20.1. The Balaban J connectivity index is 1.49. The smallest absolute Gasteiger partial charge is 0.282 e. The number of carbonyl (C=O) groups excluding carboxylic acids is 1. The summed E-state index contributed by atoms with van der Waals surface area (Å²) in [5.41, 5.74) is 2.85. The Bertz CT molecular complexity index is 867. The number of nitrogens with zero attached hydrogens (tertiary/aromatic N) is 3. The largest absolute Gasteiger partial charge is 0.337 e. The summed E-state index contributed by atoms with van der Waals surface area (Å²) in [5.74, 6) is -0.232. The molecule has 2 aromatic carbocycles. The van der Waals surface area contributed by atoms with Crippen molar-refractivity contribution in [1.82, 2.24) is 9.80 Å². The van der Waals surface area contributed by atoms with Crippen LogP contribution in [0.15, 0.2) is 48.5 Å². The molecule has 6 nitrogen and oxygen atoms in total. The van der Waals surface area contributed by atoms with Gasteiger partial charge in [0, 0.05) is 38.3 Å². The van der Waals surface area contributed by atoms with Crippen LogP contribution in [-0.4, -0.2) is 46.3 Å². The maximum absolute atomic E-state index is 13.0. The van der Waals surface area contributed by atoms with E-state index in [2.05, 4.69) is 29.2 Å². The molecule has 0 saturated carbocycles. The molecule has 0 radical (unpaired) electrons. The number of hydrogen-bond donors (Lipinski definition) is 0. The minimum absolute atomic E-state index is 0.114. The van der Waals surface area contributed by atoms with Crippen LogP contribution in [0.5, 0.6) is 0 Å². The molecule has 140 valence electrons. The maximum Gasteiger partial charge on any atom is 0.282 e. The minimum atomic E-state index is -0.476. The summed E-state index contributed by atoms with van der Waals surface area (Å²) in [6.45, 7) is 3.20. The van der Waals surface area contributed by atoms with E-state index in [1.54, 1.807) is 23.1 Å². The zero-order valence-electron chi connectivity index (χ0n) is 15.2. The first-order valence-corrected chi connectivity index (χ1v) is 9.47. The monoisotopic (exact) mass is 365 g/mol. The van der Waals surface area contributed by atoms with Crippen molar-refractivity contribution in [3.63, 3.8) is 0 Å². The lowest BCUT2D eigenvalue weighted by atomic mass is 9.95. The molecule has 0 aliphatic carbocycles. The third-order valence-corrected chi connectivity index (χ3v) is 5.69. The van der Waals surface area contributed by atoms with Crippen LogP contribution in [0.25, 0.3) is 0 Å².